The van der Waals surface area contributed by atoms with Crippen LogP contribution in [0.15, 0.2) is 122 Å². The SMILES string of the molecule is CC/C=C\C/C=C\C/C=C\C/C=C\C/C=C\CCCCCC(=O)O[C@H](COC(=O)CC/C=C\C/C=C\C/C=C\C/C=C\C/C=C\CCCCC)COP(=O)(O)OC[C@@H](O)COP(=O)(O)OC[C@@H](COC(=O)CCCCCCCCCCCCCCCCC)OC(=O)CCCCCCCCCCCCCCC. The average Bonchev–Trinajstić information content (AvgIpc) is 1.23. The molecule has 0 aromatic heterocycles. The summed E-state index contributed by atoms with van der Waals surface area (Å²) in [6, 6.07) is 0. The minimum Gasteiger partial charge on any atom is -0.462 e. The van der Waals surface area contributed by atoms with Gasteiger partial charge in [-0.3, -0.25) is 37.3 Å². The molecule has 0 aromatic carbocycles. The van der Waals surface area contributed by atoms with Gasteiger partial charge in [0.1, 0.15) is 19.3 Å². The minimum absolute atomic E-state index is 0.0283. The molecule has 0 saturated heterocycles. The van der Waals surface area contributed by atoms with E-state index in [1.165, 1.54) is 141 Å². The molecule has 610 valence electrons. The average molecular weight is 1530 g/mol. The molecule has 2 unspecified atom stereocenters. The third-order valence-electron chi connectivity index (χ3n) is 17.5. The number of unbranched alkanes of at least 4 members (excludes halogenated alkanes) is 32. The van der Waals surface area contributed by atoms with E-state index in [1.54, 1.807) is 0 Å². The van der Waals surface area contributed by atoms with E-state index in [0.717, 1.165) is 122 Å². The van der Waals surface area contributed by atoms with Crippen LogP contribution in [0.5, 0.6) is 0 Å². The quantitative estimate of drug-likeness (QED) is 0.0169. The lowest BCUT2D eigenvalue weighted by Crippen LogP contribution is -2.30. The third-order valence-corrected chi connectivity index (χ3v) is 19.4. The number of allylic oxidation sites excluding steroid dienone is 20. The molecule has 0 aliphatic rings. The molecule has 0 aliphatic heterocycles. The van der Waals surface area contributed by atoms with Crippen molar-refractivity contribution in [3.8, 4) is 0 Å². The second-order valence-electron chi connectivity index (χ2n) is 27.7. The molecule has 0 amide bonds. The van der Waals surface area contributed by atoms with Crippen LogP contribution in [0.25, 0.3) is 0 Å². The van der Waals surface area contributed by atoms with E-state index in [2.05, 4.69) is 137 Å². The lowest BCUT2D eigenvalue weighted by Gasteiger charge is -2.21. The Balaban J connectivity index is 5.45. The van der Waals surface area contributed by atoms with Crippen molar-refractivity contribution in [3.63, 3.8) is 0 Å². The molecule has 5 atom stereocenters. The Bertz CT molecular complexity index is 2480. The second-order valence-corrected chi connectivity index (χ2v) is 30.6. The van der Waals surface area contributed by atoms with Gasteiger partial charge in [-0.05, 0) is 109 Å². The van der Waals surface area contributed by atoms with Gasteiger partial charge in [-0.1, -0.05) is 335 Å². The normalized spacial score (nSPS) is 14.4. The number of esters is 4. The van der Waals surface area contributed by atoms with Crippen molar-refractivity contribution in [3.05, 3.63) is 122 Å². The van der Waals surface area contributed by atoms with E-state index in [4.69, 9.17) is 37.0 Å². The van der Waals surface area contributed by atoms with E-state index < -0.39 is 97.5 Å². The third kappa shape index (κ3) is 77.6. The van der Waals surface area contributed by atoms with Gasteiger partial charge in [0.2, 0.25) is 0 Å². The highest BCUT2D eigenvalue weighted by molar-refractivity contribution is 7.47. The summed E-state index contributed by atoms with van der Waals surface area (Å²) in [4.78, 5) is 73.1. The van der Waals surface area contributed by atoms with Gasteiger partial charge in [0.15, 0.2) is 12.2 Å². The summed E-state index contributed by atoms with van der Waals surface area (Å²) < 4.78 is 68.6. The molecule has 0 aliphatic carbocycles. The van der Waals surface area contributed by atoms with E-state index in [0.29, 0.717) is 32.1 Å². The highest BCUT2D eigenvalue weighted by atomic mass is 31.2. The van der Waals surface area contributed by atoms with Crippen molar-refractivity contribution >= 4 is 39.5 Å². The van der Waals surface area contributed by atoms with Gasteiger partial charge in [0.05, 0.1) is 26.4 Å². The van der Waals surface area contributed by atoms with Crippen LogP contribution in [0.4, 0.5) is 0 Å². The fraction of sp³-hybridized carbons (Fsp3) is 0.724. The Kier molecular flexibility index (Phi) is 75.2. The van der Waals surface area contributed by atoms with Gasteiger partial charge in [-0.25, -0.2) is 9.13 Å². The summed E-state index contributed by atoms with van der Waals surface area (Å²) in [6.45, 7) is 4.66. The molecule has 106 heavy (non-hydrogen) atoms. The van der Waals surface area contributed by atoms with Gasteiger partial charge >= 0.3 is 39.5 Å². The number of ether oxygens (including phenoxy) is 4. The summed E-state index contributed by atoms with van der Waals surface area (Å²) >= 11 is 0. The smallest absolute Gasteiger partial charge is 0.462 e. The Labute approximate surface area is 644 Å². The van der Waals surface area contributed by atoms with Crippen LogP contribution < -0.4 is 0 Å². The van der Waals surface area contributed by atoms with E-state index >= 15 is 0 Å². The summed E-state index contributed by atoms with van der Waals surface area (Å²) in [5.74, 6) is -2.29. The maximum Gasteiger partial charge on any atom is 0.472 e. The van der Waals surface area contributed by atoms with E-state index in [9.17, 15) is 43.2 Å². The molecule has 0 rings (SSSR count). The number of hydrogen-bond acceptors (Lipinski definition) is 15. The van der Waals surface area contributed by atoms with Gasteiger partial charge < -0.3 is 33.8 Å². The van der Waals surface area contributed by atoms with Crippen molar-refractivity contribution in [2.75, 3.05) is 39.6 Å². The predicted molar refractivity (Wildman–Crippen MR) is 436 cm³/mol. The molecule has 17 nitrogen and oxygen atoms in total. The second kappa shape index (κ2) is 78.6. The lowest BCUT2D eigenvalue weighted by atomic mass is 10.0. The summed E-state index contributed by atoms with van der Waals surface area (Å²) in [7, 11) is -9.99. The molecule has 19 heteroatoms. The number of aliphatic hydroxyl groups excluding tert-OH is 1. The molecule has 0 radical (unpaired) electrons. The van der Waals surface area contributed by atoms with Gasteiger partial charge in [0, 0.05) is 25.7 Å². The molecule has 0 aromatic rings. The van der Waals surface area contributed by atoms with Crippen molar-refractivity contribution in [2.24, 2.45) is 0 Å². The first-order chi connectivity index (χ1) is 51.7. The van der Waals surface area contributed by atoms with Crippen molar-refractivity contribution in [1.29, 1.82) is 0 Å². The fourth-order valence-corrected chi connectivity index (χ4v) is 12.7. The number of aliphatic hydroxyl groups is 1. The number of hydrogen-bond donors (Lipinski definition) is 3. The number of carbonyl (C=O) groups excluding carboxylic acids is 4. The van der Waals surface area contributed by atoms with Crippen LogP contribution >= 0.6 is 15.6 Å². The van der Waals surface area contributed by atoms with Crippen molar-refractivity contribution in [2.45, 2.75) is 367 Å². The maximum atomic E-state index is 13.1. The molecule has 0 heterocycles. The van der Waals surface area contributed by atoms with Crippen LogP contribution in [0.2, 0.25) is 0 Å². The Morgan fingerprint density at radius 1 is 0.274 bits per heavy atom. The van der Waals surface area contributed by atoms with Gasteiger partial charge in [-0.15, -0.1) is 0 Å². The van der Waals surface area contributed by atoms with Crippen molar-refractivity contribution < 1.29 is 80.2 Å². The van der Waals surface area contributed by atoms with Crippen LogP contribution in [0, 0.1) is 0 Å². The Morgan fingerprint density at radius 3 is 0.830 bits per heavy atom. The Hall–Kier alpha value is -4.54. The first-order valence-corrected chi connectivity index (χ1v) is 44.8. The molecule has 0 spiro atoms. The zero-order valence-corrected chi connectivity index (χ0v) is 68.6. The summed E-state index contributed by atoms with van der Waals surface area (Å²) in [5.41, 5.74) is 0. The lowest BCUT2D eigenvalue weighted by molar-refractivity contribution is -0.161. The molecular weight excluding hydrogens is 1380 g/mol. The number of phosphoric acid groups is 2. The van der Waals surface area contributed by atoms with Crippen molar-refractivity contribution in [1.82, 2.24) is 0 Å². The monoisotopic (exact) mass is 1530 g/mol. The first-order valence-electron chi connectivity index (χ1n) is 41.8. The van der Waals surface area contributed by atoms with Crippen LogP contribution in [0.3, 0.4) is 0 Å². The van der Waals surface area contributed by atoms with Crippen LogP contribution in [-0.2, 0) is 65.4 Å². The minimum atomic E-state index is -5.01. The Morgan fingerprint density at radius 2 is 0.509 bits per heavy atom. The zero-order chi connectivity index (χ0) is 77.4. The number of phosphoric ester groups is 2. The fourth-order valence-electron chi connectivity index (χ4n) is 11.1. The number of rotatable bonds is 78. The van der Waals surface area contributed by atoms with Crippen LogP contribution in [-0.4, -0.2) is 96.7 Å². The van der Waals surface area contributed by atoms with Gasteiger partial charge in [-0.2, -0.15) is 0 Å². The highest BCUT2D eigenvalue weighted by Gasteiger charge is 2.30. The maximum absolute atomic E-state index is 13.1. The van der Waals surface area contributed by atoms with E-state index in [1.807, 2.05) is 12.2 Å². The number of carbonyl (C=O) groups is 4. The van der Waals surface area contributed by atoms with E-state index in [-0.39, 0.29) is 25.7 Å². The topological polar surface area (TPSA) is 237 Å². The summed E-state index contributed by atoms with van der Waals surface area (Å²) in [6.07, 6.45) is 87.5. The largest absolute Gasteiger partial charge is 0.472 e. The first kappa shape index (κ1) is 101. The molecule has 0 bridgehead atoms. The standard InChI is InChI=1S/C87H150O17P2/c1-5-9-13-17-21-25-29-33-36-38-40-42-45-49-52-56-60-64-68-72-85(90)98-78-83(104-87(92)74-70-66-62-58-54-50-46-43-41-39-37-34-30-26-22-18-14-10-6-2)80-102-106(95,96)100-76-81(88)75-99-105(93,94)101-79-82(103-86(91)73-69-65-61-57-53-47-32-28-24-20-16-12-8-4)77-97-84(89)71-67-63-59-55-51-48-44-35-31-27-23-19-15-11-7-3/h10,14,21-22,25-26,33-34,36-37,40-43,49-50,52,54,60,64,81-83,88H,5-9,11-13,15-20,23-24,27-32,35,38-39,44-48,51,53,55-59,61-63,65-80H2,1-4H3,(H,93,94)(H,95,96)/b14-10-,25-21-,26-22-,36-33-,37-34-,42-40-,43-41-,52-49-,54-50-,64-60-/t81-,82+,83+/m0/s1. The predicted octanol–water partition coefficient (Wildman–Crippen LogP) is 24.7. The molecule has 3 N–H and O–H groups in total. The molecule has 0 saturated carbocycles. The zero-order valence-electron chi connectivity index (χ0n) is 66.8. The highest BCUT2D eigenvalue weighted by Crippen LogP contribution is 2.45. The molecular formula is C87H150O17P2. The van der Waals surface area contributed by atoms with Gasteiger partial charge in [0.25, 0.3) is 0 Å². The van der Waals surface area contributed by atoms with Crippen LogP contribution in [0.1, 0.15) is 349 Å². The molecule has 0 fully saturated rings. The summed E-state index contributed by atoms with van der Waals surface area (Å²) in [5, 5.41) is 10.7.